The number of nitrogens with one attached hydrogen (secondary N) is 1. The van der Waals surface area contributed by atoms with Gasteiger partial charge < -0.3 is 9.55 Å². The molecule has 1 N–H and O–H groups in total. The third kappa shape index (κ3) is 1.79. The highest BCUT2D eigenvalue weighted by atomic mass is 32.1. The quantitative estimate of drug-likeness (QED) is 0.719. The van der Waals surface area contributed by atoms with Crippen LogP contribution in [0.1, 0.15) is 11.8 Å². The summed E-state index contributed by atoms with van der Waals surface area (Å²) in [5.74, 6) is 0. The Morgan fingerprint density at radius 3 is 3.06 bits per heavy atom. The van der Waals surface area contributed by atoms with Gasteiger partial charge in [0, 0.05) is 17.5 Å². The van der Waals surface area contributed by atoms with Crippen LogP contribution in [0.25, 0.3) is 22.3 Å². The standard InChI is InChI=1S/C13H13N3S2/c1-3-11-12(15-13(17)18-11)8-4-5-10-9(6-8)14-7-16(10)2/h4-7H,3H2,1-2H3,(H,15,17). The second-order valence-electron chi connectivity index (χ2n) is 4.23. The number of benzene rings is 1. The van der Waals surface area contributed by atoms with Crippen molar-refractivity contribution in [1.82, 2.24) is 14.5 Å². The maximum Gasteiger partial charge on any atom is 0.159 e. The van der Waals surface area contributed by atoms with Crippen molar-refractivity contribution in [2.75, 3.05) is 0 Å². The van der Waals surface area contributed by atoms with Crippen LogP contribution in [0.15, 0.2) is 24.5 Å². The molecule has 1 aromatic carbocycles. The van der Waals surface area contributed by atoms with Gasteiger partial charge in [-0.1, -0.05) is 13.0 Å². The lowest BCUT2D eigenvalue weighted by Crippen LogP contribution is -1.86. The summed E-state index contributed by atoms with van der Waals surface area (Å²) in [7, 11) is 2.00. The lowest BCUT2D eigenvalue weighted by molar-refractivity contribution is 0.948. The molecule has 0 saturated heterocycles. The van der Waals surface area contributed by atoms with Gasteiger partial charge in [-0.3, -0.25) is 0 Å². The van der Waals surface area contributed by atoms with Gasteiger partial charge in [0.1, 0.15) is 0 Å². The van der Waals surface area contributed by atoms with Crippen molar-refractivity contribution >= 4 is 34.6 Å². The average Bonchev–Trinajstić information content (AvgIpc) is 2.93. The van der Waals surface area contributed by atoms with Crippen LogP contribution in [0, 0.1) is 3.95 Å². The summed E-state index contributed by atoms with van der Waals surface area (Å²) in [4.78, 5) is 8.98. The molecule has 2 heterocycles. The first-order valence-electron chi connectivity index (χ1n) is 5.82. The molecule has 0 amide bonds. The van der Waals surface area contributed by atoms with Crippen LogP contribution in [0.3, 0.4) is 0 Å². The first-order chi connectivity index (χ1) is 8.69. The number of aromatic nitrogens is 3. The normalized spacial score (nSPS) is 11.2. The molecule has 0 spiro atoms. The molecule has 3 rings (SSSR count). The predicted molar refractivity (Wildman–Crippen MR) is 78.6 cm³/mol. The first kappa shape index (κ1) is 11.6. The summed E-state index contributed by atoms with van der Waals surface area (Å²) in [6.07, 6.45) is 2.83. The van der Waals surface area contributed by atoms with Crippen LogP contribution in [0.4, 0.5) is 0 Å². The molecular weight excluding hydrogens is 262 g/mol. The Morgan fingerprint density at radius 1 is 1.44 bits per heavy atom. The van der Waals surface area contributed by atoms with Crippen molar-refractivity contribution in [3.8, 4) is 11.3 Å². The summed E-state index contributed by atoms with van der Waals surface area (Å²) in [6, 6.07) is 6.34. The molecule has 18 heavy (non-hydrogen) atoms. The van der Waals surface area contributed by atoms with Crippen molar-refractivity contribution in [1.29, 1.82) is 0 Å². The molecule has 0 aliphatic carbocycles. The van der Waals surface area contributed by atoms with E-state index in [0.717, 1.165) is 32.7 Å². The fourth-order valence-corrected chi connectivity index (χ4v) is 3.33. The van der Waals surface area contributed by atoms with E-state index < -0.39 is 0 Å². The van der Waals surface area contributed by atoms with Crippen LogP contribution < -0.4 is 0 Å². The van der Waals surface area contributed by atoms with Gasteiger partial charge in [0.25, 0.3) is 0 Å². The topological polar surface area (TPSA) is 33.6 Å². The van der Waals surface area contributed by atoms with E-state index in [1.165, 1.54) is 4.88 Å². The number of aryl methyl sites for hydroxylation is 2. The summed E-state index contributed by atoms with van der Waals surface area (Å²) in [5.41, 5.74) is 4.46. The van der Waals surface area contributed by atoms with Gasteiger partial charge in [0.15, 0.2) is 3.95 Å². The van der Waals surface area contributed by atoms with Gasteiger partial charge in [0.05, 0.1) is 23.1 Å². The number of H-pyrrole nitrogens is 1. The number of imidazole rings is 1. The second-order valence-corrected chi connectivity index (χ2v) is 6.00. The van der Waals surface area contributed by atoms with Crippen LogP contribution in [-0.2, 0) is 13.5 Å². The van der Waals surface area contributed by atoms with Crippen LogP contribution in [0.2, 0.25) is 0 Å². The van der Waals surface area contributed by atoms with Gasteiger partial charge in [-0.2, -0.15) is 0 Å². The highest BCUT2D eigenvalue weighted by Crippen LogP contribution is 2.29. The summed E-state index contributed by atoms with van der Waals surface area (Å²) in [5, 5.41) is 0. The molecule has 3 nitrogen and oxygen atoms in total. The maximum atomic E-state index is 5.23. The summed E-state index contributed by atoms with van der Waals surface area (Å²) >= 11 is 6.88. The maximum absolute atomic E-state index is 5.23. The Bertz CT molecular complexity index is 764. The molecule has 0 aliphatic rings. The zero-order chi connectivity index (χ0) is 12.7. The van der Waals surface area contributed by atoms with E-state index in [2.05, 4.69) is 35.1 Å². The van der Waals surface area contributed by atoms with E-state index in [4.69, 9.17) is 12.2 Å². The minimum Gasteiger partial charge on any atom is -0.337 e. The number of fused-ring (bicyclic) bond motifs is 1. The van der Waals surface area contributed by atoms with Gasteiger partial charge in [-0.15, -0.1) is 11.3 Å². The van der Waals surface area contributed by atoms with Gasteiger partial charge >= 0.3 is 0 Å². The lowest BCUT2D eigenvalue weighted by Gasteiger charge is -2.02. The number of thiazole rings is 1. The second kappa shape index (κ2) is 4.33. The van der Waals surface area contributed by atoms with Gasteiger partial charge in [-0.25, -0.2) is 4.98 Å². The molecule has 0 aliphatic heterocycles. The molecule has 92 valence electrons. The smallest absolute Gasteiger partial charge is 0.159 e. The Labute approximate surface area is 114 Å². The van der Waals surface area contributed by atoms with E-state index in [-0.39, 0.29) is 0 Å². The highest BCUT2D eigenvalue weighted by molar-refractivity contribution is 7.73. The van der Waals surface area contributed by atoms with E-state index in [1.54, 1.807) is 11.3 Å². The molecular formula is C13H13N3S2. The largest absolute Gasteiger partial charge is 0.337 e. The lowest BCUT2D eigenvalue weighted by atomic mass is 10.1. The fourth-order valence-electron chi connectivity index (χ4n) is 2.13. The minimum atomic E-state index is 0.836. The Kier molecular flexibility index (Phi) is 2.80. The van der Waals surface area contributed by atoms with E-state index in [1.807, 2.05) is 17.9 Å². The third-order valence-corrected chi connectivity index (χ3v) is 4.44. The number of rotatable bonds is 2. The highest BCUT2D eigenvalue weighted by Gasteiger charge is 2.09. The van der Waals surface area contributed by atoms with Crippen LogP contribution in [0.5, 0.6) is 0 Å². The molecule has 0 bridgehead atoms. The van der Waals surface area contributed by atoms with Crippen LogP contribution in [-0.4, -0.2) is 14.5 Å². The molecule has 0 radical (unpaired) electrons. The van der Waals surface area contributed by atoms with Crippen molar-refractivity contribution in [2.45, 2.75) is 13.3 Å². The summed E-state index contributed by atoms with van der Waals surface area (Å²) < 4.78 is 2.86. The zero-order valence-corrected chi connectivity index (χ0v) is 11.9. The average molecular weight is 275 g/mol. The molecule has 0 unspecified atom stereocenters. The SMILES string of the molecule is CCc1sc(=S)[nH]c1-c1ccc2c(c1)ncn2C. The van der Waals surface area contributed by atoms with E-state index >= 15 is 0 Å². The Morgan fingerprint density at radius 2 is 2.28 bits per heavy atom. The van der Waals surface area contributed by atoms with Crippen molar-refractivity contribution < 1.29 is 0 Å². The molecule has 2 aromatic heterocycles. The van der Waals surface area contributed by atoms with Gasteiger partial charge in [-0.05, 0) is 30.8 Å². The van der Waals surface area contributed by atoms with Crippen molar-refractivity contribution in [3.63, 3.8) is 0 Å². The fraction of sp³-hybridized carbons (Fsp3) is 0.231. The first-order valence-corrected chi connectivity index (χ1v) is 7.05. The Hall–Kier alpha value is -1.46. The predicted octanol–water partition coefficient (Wildman–Crippen LogP) is 3.92. The third-order valence-electron chi connectivity index (χ3n) is 3.06. The zero-order valence-electron chi connectivity index (χ0n) is 10.2. The number of nitrogens with zero attached hydrogens (tertiary/aromatic N) is 2. The summed E-state index contributed by atoms with van der Waals surface area (Å²) in [6.45, 7) is 2.15. The van der Waals surface area contributed by atoms with Gasteiger partial charge in [0.2, 0.25) is 0 Å². The molecule has 0 fully saturated rings. The molecule has 0 atom stereocenters. The number of aromatic amines is 1. The molecule has 3 aromatic rings. The van der Waals surface area contributed by atoms with Crippen LogP contribution >= 0.6 is 23.6 Å². The number of hydrogen-bond donors (Lipinski definition) is 1. The monoisotopic (exact) mass is 275 g/mol. The van der Waals surface area contributed by atoms with Crippen molar-refractivity contribution in [3.05, 3.63) is 33.4 Å². The minimum absolute atomic E-state index is 0.836. The van der Waals surface area contributed by atoms with E-state index in [9.17, 15) is 0 Å². The molecule has 0 saturated carbocycles. The molecule has 5 heteroatoms. The van der Waals surface area contributed by atoms with E-state index in [0.29, 0.717) is 0 Å². The van der Waals surface area contributed by atoms with Crippen molar-refractivity contribution in [2.24, 2.45) is 7.05 Å². The Balaban J connectivity index is 2.21. The number of hydrogen-bond acceptors (Lipinski definition) is 3.